The molecular weight excluding hydrogens is 552 g/mol. The van der Waals surface area contributed by atoms with Gasteiger partial charge in [-0.2, -0.15) is 0 Å². The number of hydrogen-bond acceptors (Lipinski definition) is 6. The van der Waals surface area contributed by atoms with E-state index in [4.69, 9.17) is 14.2 Å². The van der Waals surface area contributed by atoms with Gasteiger partial charge in [0.15, 0.2) is 6.29 Å². The average molecular weight is 593 g/mol. The van der Waals surface area contributed by atoms with Crippen molar-refractivity contribution in [3.8, 4) is 0 Å². The molecule has 7 nitrogen and oxygen atoms in total. The first-order valence-electron chi connectivity index (χ1n) is 15.0. The van der Waals surface area contributed by atoms with Gasteiger partial charge >= 0.3 is 6.09 Å². The number of amides is 1. The topological polar surface area (TPSA) is 80.3 Å². The number of anilines is 1. The van der Waals surface area contributed by atoms with Gasteiger partial charge in [0.25, 0.3) is 0 Å². The van der Waals surface area contributed by atoms with Gasteiger partial charge in [-0.25, -0.2) is 4.79 Å². The third-order valence-electron chi connectivity index (χ3n) is 7.80. The standard InChI is InChI=1S/C37H40N2O5/c1-3-21-42-37(41)38-33-16-10-15-32(22-33)36-43-34(27(2)35(44-36)31-19-17-30(26-40)18-20-31)25-39(23-28-11-6-4-7-12-28)24-29-13-8-5-9-14-29/h3-20,22,27,34-36,40H,1,21,23-26H2,2H3,(H,38,41). The molecule has 1 saturated heterocycles. The van der Waals surface area contributed by atoms with Gasteiger partial charge < -0.3 is 19.3 Å². The molecule has 1 fully saturated rings. The number of ether oxygens (including phenoxy) is 3. The Kier molecular flexibility index (Phi) is 10.9. The Morgan fingerprint density at radius 2 is 1.52 bits per heavy atom. The average Bonchev–Trinajstić information content (AvgIpc) is 3.06. The summed E-state index contributed by atoms with van der Waals surface area (Å²) < 4.78 is 18.5. The van der Waals surface area contributed by atoms with Crippen LogP contribution < -0.4 is 5.32 Å². The summed E-state index contributed by atoms with van der Waals surface area (Å²) in [5, 5.41) is 12.4. The number of nitrogens with zero attached hydrogens (tertiary/aromatic N) is 1. The lowest BCUT2D eigenvalue weighted by Crippen LogP contribution is -2.44. The van der Waals surface area contributed by atoms with Crippen molar-refractivity contribution < 1.29 is 24.1 Å². The van der Waals surface area contributed by atoms with Gasteiger partial charge in [-0.1, -0.05) is 117 Å². The van der Waals surface area contributed by atoms with Crippen LogP contribution in [0.25, 0.3) is 0 Å². The molecule has 1 amide bonds. The Balaban J connectivity index is 1.43. The molecule has 4 aromatic rings. The van der Waals surface area contributed by atoms with Crippen molar-refractivity contribution in [1.82, 2.24) is 4.90 Å². The Morgan fingerprint density at radius 1 is 0.864 bits per heavy atom. The van der Waals surface area contributed by atoms with Gasteiger partial charge in [0.1, 0.15) is 6.61 Å². The first-order chi connectivity index (χ1) is 21.5. The number of rotatable bonds is 12. The summed E-state index contributed by atoms with van der Waals surface area (Å²) >= 11 is 0. The predicted octanol–water partition coefficient (Wildman–Crippen LogP) is 7.41. The van der Waals surface area contributed by atoms with Crippen LogP contribution in [0.3, 0.4) is 0 Å². The van der Waals surface area contributed by atoms with Crippen LogP contribution in [-0.4, -0.2) is 35.4 Å². The smallest absolute Gasteiger partial charge is 0.411 e. The number of aliphatic hydroxyl groups excluding tert-OH is 1. The summed E-state index contributed by atoms with van der Waals surface area (Å²) in [5.74, 6) is 0.0236. The second kappa shape index (κ2) is 15.5. The SMILES string of the molecule is C=CCOC(=O)Nc1cccc(C2OC(CN(Cc3ccccc3)Cc3ccccc3)C(C)C(c3ccc(CO)cc3)O2)c1. The summed E-state index contributed by atoms with van der Waals surface area (Å²) in [6, 6.07) is 36.3. The highest BCUT2D eigenvalue weighted by molar-refractivity contribution is 5.84. The van der Waals surface area contributed by atoms with Crippen LogP contribution in [0.1, 0.15) is 47.1 Å². The van der Waals surface area contributed by atoms with E-state index >= 15 is 0 Å². The minimum atomic E-state index is -0.667. The molecule has 0 bridgehead atoms. The van der Waals surface area contributed by atoms with Crippen LogP contribution in [0, 0.1) is 5.92 Å². The fourth-order valence-corrected chi connectivity index (χ4v) is 5.50. The molecule has 4 atom stereocenters. The van der Waals surface area contributed by atoms with E-state index in [2.05, 4.69) is 72.3 Å². The van der Waals surface area contributed by atoms with Gasteiger partial charge in [-0.05, 0) is 34.4 Å². The zero-order valence-electron chi connectivity index (χ0n) is 25.0. The lowest BCUT2D eigenvalue weighted by atomic mass is 9.89. The highest BCUT2D eigenvalue weighted by Crippen LogP contribution is 2.42. The zero-order valence-corrected chi connectivity index (χ0v) is 25.0. The number of nitrogens with one attached hydrogen (secondary N) is 1. The lowest BCUT2D eigenvalue weighted by Gasteiger charge is -2.43. The third-order valence-corrected chi connectivity index (χ3v) is 7.80. The molecule has 44 heavy (non-hydrogen) atoms. The minimum absolute atomic E-state index is 0.0152. The molecule has 5 rings (SSSR count). The molecule has 228 valence electrons. The Morgan fingerprint density at radius 3 is 2.14 bits per heavy atom. The molecule has 0 saturated carbocycles. The van der Waals surface area contributed by atoms with Crippen LogP contribution in [-0.2, 0) is 33.9 Å². The monoisotopic (exact) mass is 592 g/mol. The van der Waals surface area contributed by atoms with Gasteiger partial charge in [0, 0.05) is 36.8 Å². The van der Waals surface area contributed by atoms with Crippen LogP contribution >= 0.6 is 0 Å². The highest BCUT2D eigenvalue weighted by Gasteiger charge is 2.39. The van der Waals surface area contributed by atoms with E-state index in [0.29, 0.717) is 12.2 Å². The largest absolute Gasteiger partial charge is 0.445 e. The minimum Gasteiger partial charge on any atom is -0.445 e. The highest BCUT2D eigenvalue weighted by atomic mass is 16.7. The van der Waals surface area contributed by atoms with Gasteiger partial charge in [0.2, 0.25) is 0 Å². The molecule has 7 heteroatoms. The van der Waals surface area contributed by atoms with E-state index in [1.807, 2.05) is 54.6 Å². The van der Waals surface area contributed by atoms with Crippen molar-refractivity contribution in [2.24, 2.45) is 5.92 Å². The summed E-state index contributed by atoms with van der Waals surface area (Å²) in [7, 11) is 0. The van der Waals surface area contributed by atoms with Crippen molar-refractivity contribution >= 4 is 11.8 Å². The Hall–Kier alpha value is -4.27. The molecule has 1 heterocycles. The molecule has 1 aliphatic rings. The van der Waals surface area contributed by atoms with Gasteiger partial charge in [-0.15, -0.1) is 0 Å². The van der Waals surface area contributed by atoms with E-state index in [-0.39, 0.29) is 31.3 Å². The van der Waals surface area contributed by atoms with Crippen molar-refractivity contribution in [3.05, 3.63) is 150 Å². The van der Waals surface area contributed by atoms with Crippen molar-refractivity contribution in [2.75, 3.05) is 18.5 Å². The second-order valence-corrected chi connectivity index (χ2v) is 11.1. The zero-order chi connectivity index (χ0) is 30.7. The summed E-state index contributed by atoms with van der Waals surface area (Å²) in [6.07, 6.45) is -0.125. The second-order valence-electron chi connectivity index (χ2n) is 11.1. The molecule has 0 radical (unpaired) electrons. The number of benzene rings is 4. The lowest BCUT2D eigenvalue weighted by molar-refractivity contribution is -0.276. The fraction of sp³-hybridized carbons (Fsp3) is 0.270. The van der Waals surface area contributed by atoms with Crippen molar-refractivity contribution in [1.29, 1.82) is 0 Å². The number of hydrogen-bond donors (Lipinski definition) is 2. The van der Waals surface area contributed by atoms with Crippen molar-refractivity contribution in [2.45, 2.75) is 45.1 Å². The first kappa shape index (κ1) is 31.2. The van der Waals surface area contributed by atoms with E-state index in [0.717, 1.165) is 29.8 Å². The Labute approximate surface area is 259 Å². The molecule has 2 N–H and O–H groups in total. The van der Waals surface area contributed by atoms with Crippen LogP contribution in [0.4, 0.5) is 10.5 Å². The normalized spacial score (nSPS) is 19.8. The first-order valence-corrected chi connectivity index (χ1v) is 15.0. The van der Waals surface area contributed by atoms with Crippen LogP contribution in [0.5, 0.6) is 0 Å². The maximum Gasteiger partial charge on any atom is 0.411 e. The van der Waals surface area contributed by atoms with E-state index in [1.165, 1.54) is 17.2 Å². The van der Waals surface area contributed by atoms with Crippen LogP contribution in [0.2, 0.25) is 0 Å². The predicted molar refractivity (Wildman–Crippen MR) is 172 cm³/mol. The summed E-state index contributed by atoms with van der Waals surface area (Å²) in [6.45, 7) is 8.09. The maximum atomic E-state index is 12.2. The third kappa shape index (κ3) is 8.42. The van der Waals surface area contributed by atoms with Crippen LogP contribution in [0.15, 0.2) is 122 Å². The molecule has 1 aliphatic heterocycles. The molecule has 0 spiro atoms. The van der Waals surface area contributed by atoms with Gasteiger partial charge in [0.05, 0.1) is 18.8 Å². The maximum absolute atomic E-state index is 12.2. The van der Waals surface area contributed by atoms with Crippen molar-refractivity contribution in [3.63, 3.8) is 0 Å². The fourth-order valence-electron chi connectivity index (χ4n) is 5.50. The summed E-state index contributed by atoms with van der Waals surface area (Å²) in [4.78, 5) is 14.6. The molecule has 0 aromatic heterocycles. The molecule has 0 aliphatic carbocycles. The van der Waals surface area contributed by atoms with E-state index in [9.17, 15) is 9.90 Å². The number of carbonyl (C=O) groups is 1. The van der Waals surface area contributed by atoms with E-state index < -0.39 is 12.4 Å². The number of carbonyl (C=O) groups excluding carboxylic acids is 1. The Bertz CT molecular complexity index is 1440. The summed E-state index contributed by atoms with van der Waals surface area (Å²) in [5.41, 5.74) is 5.71. The quantitative estimate of drug-likeness (QED) is 0.167. The number of aliphatic hydroxyl groups is 1. The molecule has 4 unspecified atom stereocenters. The van der Waals surface area contributed by atoms with Gasteiger partial charge in [-0.3, -0.25) is 10.2 Å². The molecular formula is C37H40N2O5. The molecule has 4 aromatic carbocycles. The van der Waals surface area contributed by atoms with E-state index in [1.54, 1.807) is 6.07 Å².